The molecule has 1 aliphatic rings. The van der Waals surface area contributed by atoms with Gasteiger partial charge >= 0.3 is 5.69 Å². The Hall–Kier alpha value is -3.39. The summed E-state index contributed by atoms with van der Waals surface area (Å²) in [5.41, 5.74) is 1.36. The van der Waals surface area contributed by atoms with Gasteiger partial charge in [0.05, 0.1) is 32.7 Å². The molecule has 0 atom stereocenters. The number of fused-ring (bicyclic) bond motifs is 2. The van der Waals surface area contributed by atoms with Crippen molar-refractivity contribution in [1.82, 2.24) is 18.7 Å². The minimum atomic E-state index is -0.360. The smallest absolute Gasteiger partial charge is 0.332 e. The molecular formula is C22H25N6O2+. The Morgan fingerprint density at radius 3 is 2.50 bits per heavy atom. The summed E-state index contributed by atoms with van der Waals surface area (Å²) in [6, 6.07) is 14.5. The molecule has 8 heteroatoms. The van der Waals surface area contributed by atoms with Crippen LogP contribution in [-0.2, 0) is 20.6 Å². The highest BCUT2D eigenvalue weighted by atomic mass is 16.2. The first-order chi connectivity index (χ1) is 14.6. The second-order valence-electron chi connectivity index (χ2n) is 7.87. The number of aromatic nitrogens is 4. The van der Waals surface area contributed by atoms with Crippen LogP contribution in [0.15, 0.2) is 52.1 Å². The fourth-order valence-corrected chi connectivity index (χ4v) is 4.38. The zero-order chi connectivity index (χ0) is 20.8. The Balaban J connectivity index is 1.78. The second kappa shape index (κ2) is 7.14. The molecular weight excluding hydrogens is 380 g/mol. The maximum atomic E-state index is 13.1. The molecule has 5 rings (SSSR count). The van der Waals surface area contributed by atoms with Gasteiger partial charge in [-0.3, -0.25) is 18.5 Å². The number of nitrogens with zero attached hydrogens (tertiary/aromatic N) is 5. The van der Waals surface area contributed by atoms with Crippen molar-refractivity contribution in [3.63, 3.8) is 0 Å². The van der Waals surface area contributed by atoms with E-state index in [1.165, 1.54) is 11.6 Å². The molecule has 1 fully saturated rings. The van der Waals surface area contributed by atoms with Crippen LogP contribution in [-0.4, -0.2) is 44.9 Å². The number of rotatable bonds is 3. The van der Waals surface area contributed by atoms with Crippen molar-refractivity contribution in [2.24, 2.45) is 14.1 Å². The molecule has 30 heavy (non-hydrogen) atoms. The maximum Gasteiger partial charge on any atom is 0.332 e. The van der Waals surface area contributed by atoms with Gasteiger partial charge in [-0.05, 0) is 16.3 Å². The van der Waals surface area contributed by atoms with Gasteiger partial charge in [-0.1, -0.05) is 42.5 Å². The molecule has 0 bridgehead atoms. The van der Waals surface area contributed by atoms with E-state index < -0.39 is 0 Å². The van der Waals surface area contributed by atoms with E-state index in [1.807, 2.05) is 22.8 Å². The lowest BCUT2D eigenvalue weighted by Crippen LogP contribution is -2.89. The van der Waals surface area contributed by atoms with Crippen molar-refractivity contribution in [1.29, 1.82) is 0 Å². The van der Waals surface area contributed by atoms with E-state index in [0.717, 1.165) is 53.0 Å². The highest BCUT2D eigenvalue weighted by Gasteiger charge is 2.25. The molecule has 4 aromatic rings. The Kier molecular flexibility index (Phi) is 4.43. The first-order valence-electron chi connectivity index (χ1n) is 10.3. The van der Waals surface area contributed by atoms with Crippen LogP contribution in [0.3, 0.4) is 0 Å². The molecule has 2 aromatic heterocycles. The minimum absolute atomic E-state index is 0.310. The molecule has 0 saturated carbocycles. The van der Waals surface area contributed by atoms with Gasteiger partial charge < -0.3 is 10.2 Å². The van der Waals surface area contributed by atoms with E-state index in [9.17, 15) is 9.59 Å². The molecule has 1 saturated heterocycles. The summed E-state index contributed by atoms with van der Waals surface area (Å²) in [5, 5.41) is 4.60. The number of aryl methyl sites for hydroxylation is 1. The number of imidazole rings is 1. The van der Waals surface area contributed by atoms with Gasteiger partial charge in [-0.15, -0.1) is 0 Å². The Morgan fingerprint density at radius 2 is 1.70 bits per heavy atom. The van der Waals surface area contributed by atoms with E-state index in [2.05, 4.69) is 34.5 Å². The van der Waals surface area contributed by atoms with Crippen molar-refractivity contribution in [2.75, 3.05) is 31.1 Å². The maximum absolute atomic E-state index is 13.1. The Morgan fingerprint density at radius 1 is 0.967 bits per heavy atom. The number of piperazine rings is 1. The van der Waals surface area contributed by atoms with Crippen molar-refractivity contribution in [3.05, 3.63) is 68.9 Å². The highest BCUT2D eigenvalue weighted by molar-refractivity contribution is 5.86. The van der Waals surface area contributed by atoms with Gasteiger partial charge in [0.25, 0.3) is 5.56 Å². The standard InChI is InChI=1S/C22H24N6O2/c1-25-19-18(20(29)26(2)22(25)30)28(21(24-19)27-12-10-23-11-13-27)14-16-8-5-7-15-6-3-4-9-17(15)16/h3-9,23H,10-14H2,1-2H3/p+1. The van der Waals surface area contributed by atoms with Crippen LogP contribution in [0.4, 0.5) is 5.95 Å². The fraction of sp³-hybridized carbons (Fsp3) is 0.318. The molecule has 1 aliphatic heterocycles. The van der Waals surface area contributed by atoms with E-state index >= 15 is 0 Å². The summed E-state index contributed by atoms with van der Waals surface area (Å²) in [5.74, 6) is 0.754. The van der Waals surface area contributed by atoms with Gasteiger partial charge in [0.2, 0.25) is 5.95 Å². The third kappa shape index (κ3) is 2.83. The number of hydrogen-bond donors (Lipinski definition) is 1. The van der Waals surface area contributed by atoms with E-state index in [4.69, 9.17) is 4.98 Å². The summed E-state index contributed by atoms with van der Waals surface area (Å²) in [4.78, 5) is 32.6. The van der Waals surface area contributed by atoms with Crippen LogP contribution in [0, 0.1) is 0 Å². The first-order valence-corrected chi connectivity index (χ1v) is 10.3. The second-order valence-corrected chi connectivity index (χ2v) is 7.87. The molecule has 0 spiro atoms. The van der Waals surface area contributed by atoms with Crippen LogP contribution < -0.4 is 21.5 Å². The average molecular weight is 405 g/mol. The Bertz CT molecular complexity index is 1370. The summed E-state index contributed by atoms with van der Waals surface area (Å²) < 4.78 is 4.62. The summed E-state index contributed by atoms with van der Waals surface area (Å²) >= 11 is 0. The topological polar surface area (TPSA) is 81.7 Å². The zero-order valence-electron chi connectivity index (χ0n) is 17.2. The van der Waals surface area contributed by atoms with Crippen LogP contribution in [0.25, 0.3) is 21.9 Å². The fourth-order valence-electron chi connectivity index (χ4n) is 4.38. The number of benzene rings is 2. The summed E-state index contributed by atoms with van der Waals surface area (Å²) in [6.07, 6.45) is 0. The number of hydrogen-bond acceptors (Lipinski definition) is 4. The van der Waals surface area contributed by atoms with Gasteiger partial charge in [0.1, 0.15) is 0 Å². The molecule has 2 aromatic carbocycles. The monoisotopic (exact) mass is 405 g/mol. The first kappa shape index (κ1) is 18.6. The van der Waals surface area contributed by atoms with Crippen LogP contribution >= 0.6 is 0 Å². The molecule has 154 valence electrons. The number of nitrogens with two attached hydrogens (primary N) is 1. The number of anilines is 1. The van der Waals surface area contributed by atoms with E-state index in [1.54, 1.807) is 7.05 Å². The Labute approximate surface area is 173 Å². The third-order valence-corrected chi connectivity index (χ3v) is 6.03. The van der Waals surface area contributed by atoms with Gasteiger partial charge in [-0.25, -0.2) is 4.79 Å². The lowest BCUT2D eigenvalue weighted by molar-refractivity contribution is -0.655. The van der Waals surface area contributed by atoms with Crippen LogP contribution in [0.1, 0.15) is 5.56 Å². The van der Waals surface area contributed by atoms with E-state index in [-0.39, 0.29) is 11.2 Å². The van der Waals surface area contributed by atoms with Crippen molar-refractivity contribution < 1.29 is 5.32 Å². The summed E-state index contributed by atoms with van der Waals surface area (Å²) in [7, 11) is 3.20. The lowest BCUT2D eigenvalue weighted by Gasteiger charge is -2.27. The predicted molar refractivity (Wildman–Crippen MR) is 117 cm³/mol. The van der Waals surface area contributed by atoms with Crippen LogP contribution in [0.2, 0.25) is 0 Å². The predicted octanol–water partition coefficient (Wildman–Crippen LogP) is 0.0186. The van der Waals surface area contributed by atoms with Crippen molar-refractivity contribution in [3.8, 4) is 0 Å². The van der Waals surface area contributed by atoms with Crippen molar-refractivity contribution >= 4 is 27.9 Å². The largest absolute Gasteiger partial charge is 0.343 e. The summed E-state index contributed by atoms with van der Waals surface area (Å²) in [6.45, 7) is 4.18. The van der Waals surface area contributed by atoms with Crippen molar-refractivity contribution in [2.45, 2.75) is 6.54 Å². The third-order valence-electron chi connectivity index (χ3n) is 6.03. The minimum Gasteiger partial charge on any atom is -0.343 e. The molecule has 0 aliphatic carbocycles. The van der Waals surface area contributed by atoms with Gasteiger partial charge in [0, 0.05) is 14.1 Å². The molecule has 0 unspecified atom stereocenters. The normalized spacial score (nSPS) is 14.7. The SMILES string of the molecule is Cn1c(=O)c2c(nc(N3CC[NH2+]CC3)n2Cc2cccc3ccccc23)n(C)c1=O. The quantitative estimate of drug-likeness (QED) is 0.521. The molecule has 0 amide bonds. The lowest BCUT2D eigenvalue weighted by atomic mass is 10.0. The molecule has 3 heterocycles. The highest BCUT2D eigenvalue weighted by Crippen LogP contribution is 2.25. The molecule has 2 N–H and O–H groups in total. The molecule has 0 radical (unpaired) electrons. The van der Waals surface area contributed by atoms with Crippen LogP contribution in [0.5, 0.6) is 0 Å². The van der Waals surface area contributed by atoms with Gasteiger partial charge in [-0.2, -0.15) is 4.98 Å². The van der Waals surface area contributed by atoms with E-state index in [0.29, 0.717) is 17.7 Å². The zero-order valence-corrected chi connectivity index (χ0v) is 17.2. The average Bonchev–Trinajstić information content (AvgIpc) is 3.16. The molecule has 8 nitrogen and oxygen atoms in total. The van der Waals surface area contributed by atoms with Gasteiger partial charge in [0.15, 0.2) is 11.2 Å². The number of quaternary nitrogens is 1.